The molecule has 0 unspecified atom stereocenters. The predicted molar refractivity (Wildman–Crippen MR) is 56.8 cm³/mol. The molecule has 12 heavy (non-hydrogen) atoms. The Morgan fingerprint density at radius 3 is 2.75 bits per heavy atom. The molecule has 0 bridgehead atoms. The highest BCUT2D eigenvalue weighted by Gasteiger charge is 2.03. The molecular formula is C7H9BrCl2N2. The summed E-state index contributed by atoms with van der Waals surface area (Å²) in [6, 6.07) is 1.80. The molecule has 0 amide bonds. The smallest absolute Gasteiger partial charge is 0.129 e. The zero-order chi connectivity index (χ0) is 8.43. The number of pyridine rings is 1. The van der Waals surface area contributed by atoms with Crippen LogP contribution in [0.15, 0.2) is 10.5 Å². The molecule has 0 saturated heterocycles. The third kappa shape index (κ3) is 2.59. The van der Waals surface area contributed by atoms with E-state index in [1.54, 1.807) is 6.07 Å². The molecule has 0 aliphatic rings. The van der Waals surface area contributed by atoms with Crippen molar-refractivity contribution in [2.75, 3.05) is 0 Å². The van der Waals surface area contributed by atoms with Crippen molar-refractivity contribution in [3.05, 3.63) is 26.9 Å². The molecule has 0 aliphatic carbocycles. The van der Waals surface area contributed by atoms with Gasteiger partial charge in [-0.3, -0.25) is 0 Å². The van der Waals surface area contributed by atoms with Crippen LogP contribution in [0.1, 0.15) is 11.3 Å². The summed E-state index contributed by atoms with van der Waals surface area (Å²) in [6.45, 7) is 2.36. The number of halogens is 3. The molecule has 0 saturated carbocycles. The monoisotopic (exact) mass is 270 g/mol. The van der Waals surface area contributed by atoms with Gasteiger partial charge in [0.1, 0.15) is 5.15 Å². The van der Waals surface area contributed by atoms with Gasteiger partial charge in [-0.25, -0.2) is 4.98 Å². The fraction of sp³-hybridized carbons (Fsp3) is 0.286. The van der Waals surface area contributed by atoms with E-state index in [0.717, 1.165) is 15.7 Å². The summed E-state index contributed by atoms with van der Waals surface area (Å²) < 4.78 is 0.949. The summed E-state index contributed by atoms with van der Waals surface area (Å²) in [4.78, 5) is 4.05. The lowest BCUT2D eigenvalue weighted by atomic mass is 10.2. The lowest BCUT2D eigenvalue weighted by Crippen LogP contribution is -2.01. The molecule has 2 nitrogen and oxygen atoms in total. The number of rotatable bonds is 1. The zero-order valence-electron chi connectivity index (χ0n) is 6.47. The zero-order valence-corrected chi connectivity index (χ0v) is 9.63. The van der Waals surface area contributed by atoms with Crippen molar-refractivity contribution in [2.45, 2.75) is 13.5 Å². The van der Waals surface area contributed by atoms with E-state index in [1.165, 1.54) is 0 Å². The van der Waals surface area contributed by atoms with Crippen LogP contribution in [-0.4, -0.2) is 4.98 Å². The highest BCUT2D eigenvalue weighted by Crippen LogP contribution is 2.21. The largest absolute Gasteiger partial charge is 0.325 e. The average Bonchev–Trinajstić information content (AvgIpc) is 1.96. The van der Waals surface area contributed by atoms with E-state index in [-0.39, 0.29) is 12.4 Å². The van der Waals surface area contributed by atoms with Crippen LogP contribution in [0, 0.1) is 6.92 Å². The maximum Gasteiger partial charge on any atom is 0.129 e. The summed E-state index contributed by atoms with van der Waals surface area (Å²) in [5.41, 5.74) is 7.30. The van der Waals surface area contributed by atoms with Gasteiger partial charge in [0.05, 0.1) is 5.69 Å². The van der Waals surface area contributed by atoms with Crippen molar-refractivity contribution in [3.63, 3.8) is 0 Å². The van der Waals surface area contributed by atoms with Gasteiger partial charge in [-0.15, -0.1) is 12.4 Å². The maximum absolute atomic E-state index is 5.71. The van der Waals surface area contributed by atoms with Crippen LogP contribution in [0.3, 0.4) is 0 Å². The number of aromatic nitrogens is 1. The maximum atomic E-state index is 5.71. The summed E-state index contributed by atoms with van der Waals surface area (Å²) in [7, 11) is 0. The molecule has 0 aromatic carbocycles. The highest BCUT2D eigenvalue weighted by molar-refractivity contribution is 9.10. The van der Waals surface area contributed by atoms with Gasteiger partial charge >= 0.3 is 0 Å². The third-order valence-electron chi connectivity index (χ3n) is 1.37. The van der Waals surface area contributed by atoms with E-state index in [1.807, 2.05) is 6.92 Å². The van der Waals surface area contributed by atoms with Gasteiger partial charge in [-0.05, 0) is 34.5 Å². The van der Waals surface area contributed by atoms with Crippen molar-refractivity contribution >= 4 is 39.9 Å². The third-order valence-corrected chi connectivity index (χ3v) is 2.65. The van der Waals surface area contributed by atoms with Gasteiger partial charge in [0, 0.05) is 11.0 Å². The Morgan fingerprint density at radius 2 is 2.25 bits per heavy atom. The standard InChI is InChI=1S/C7H8BrClN2.ClH/c1-4-2-6(9)11-5(3-10)7(4)8;/h2H,3,10H2,1H3;1H. The Morgan fingerprint density at radius 1 is 1.67 bits per heavy atom. The molecule has 0 fully saturated rings. The number of hydrogen-bond donors (Lipinski definition) is 1. The molecule has 0 aliphatic heterocycles. The molecule has 2 N–H and O–H groups in total. The second-order valence-corrected chi connectivity index (χ2v) is 3.41. The van der Waals surface area contributed by atoms with E-state index in [4.69, 9.17) is 17.3 Å². The molecule has 68 valence electrons. The fourth-order valence-corrected chi connectivity index (χ4v) is 1.45. The van der Waals surface area contributed by atoms with Gasteiger partial charge in [-0.2, -0.15) is 0 Å². The topological polar surface area (TPSA) is 38.9 Å². The van der Waals surface area contributed by atoms with E-state index in [0.29, 0.717) is 11.7 Å². The fourth-order valence-electron chi connectivity index (χ4n) is 0.815. The number of nitrogens with zero attached hydrogens (tertiary/aromatic N) is 1. The highest BCUT2D eigenvalue weighted by atomic mass is 79.9. The minimum atomic E-state index is 0. The van der Waals surface area contributed by atoms with E-state index < -0.39 is 0 Å². The molecule has 1 aromatic rings. The van der Waals surface area contributed by atoms with Crippen LogP contribution in [0.25, 0.3) is 0 Å². The average molecular weight is 272 g/mol. The molecule has 1 aromatic heterocycles. The van der Waals surface area contributed by atoms with Crippen LogP contribution >= 0.6 is 39.9 Å². The SMILES string of the molecule is Cc1cc(Cl)nc(CN)c1Br.Cl. The minimum absolute atomic E-state index is 0. The van der Waals surface area contributed by atoms with Gasteiger partial charge in [0.2, 0.25) is 0 Å². The Kier molecular flexibility index (Phi) is 5.09. The molecule has 1 heterocycles. The lowest BCUT2D eigenvalue weighted by Gasteiger charge is -2.03. The normalized spacial score (nSPS) is 9.33. The molecule has 5 heteroatoms. The van der Waals surface area contributed by atoms with Crippen LogP contribution in [0.5, 0.6) is 0 Å². The number of aryl methyl sites for hydroxylation is 1. The minimum Gasteiger partial charge on any atom is -0.325 e. The van der Waals surface area contributed by atoms with Crippen LogP contribution in [0.2, 0.25) is 5.15 Å². The van der Waals surface area contributed by atoms with Crippen molar-refractivity contribution in [1.29, 1.82) is 0 Å². The van der Waals surface area contributed by atoms with Crippen LogP contribution < -0.4 is 5.73 Å². The van der Waals surface area contributed by atoms with Gasteiger partial charge in [0.25, 0.3) is 0 Å². The first-order valence-corrected chi connectivity index (χ1v) is 4.34. The van der Waals surface area contributed by atoms with Crippen molar-refractivity contribution in [3.8, 4) is 0 Å². The van der Waals surface area contributed by atoms with Gasteiger partial charge in [0.15, 0.2) is 0 Å². The second-order valence-electron chi connectivity index (χ2n) is 2.23. The molecule has 0 atom stereocenters. The summed E-state index contributed by atoms with van der Waals surface area (Å²) in [5, 5.41) is 0.492. The first-order chi connectivity index (χ1) is 5.15. The summed E-state index contributed by atoms with van der Waals surface area (Å²) in [5.74, 6) is 0. The van der Waals surface area contributed by atoms with Crippen LogP contribution in [0.4, 0.5) is 0 Å². The first-order valence-electron chi connectivity index (χ1n) is 3.16. The van der Waals surface area contributed by atoms with Crippen molar-refractivity contribution in [2.24, 2.45) is 5.73 Å². The summed E-state index contributed by atoms with van der Waals surface area (Å²) in [6.07, 6.45) is 0. The first kappa shape index (κ1) is 12.2. The Hall–Kier alpha value is 0.170. The predicted octanol–water partition coefficient (Wildman–Crippen LogP) is 2.69. The number of nitrogens with two attached hydrogens (primary N) is 1. The Bertz CT molecular complexity index is 278. The van der Waals surface area contributed by atoms with E-state index >= 15 is 0 Å². The molecule has 1 rings (SSSR count). The Balaban J connectivity index is 0.00000121. The lowest BCUT2D eigenvalue weighted by molar-refractivity contribution is 0.972. The summed E-state index contributed by atoms with van der Waals surface area (Å²) >= 11 is 9.09. The Labute approximate surface area is 91.0 Å². The van der Waals surface area contributed by atoms with Crippen molar-refractivity contribution < 1.29 is 0 Å². The molecular weight excluding hydrogens is 263 g/mol. The second kappa shape index (κ2) is 5.02. The molecule has 0 spiro atoms. The van der Waals surface area contributed by atoms with E-state index in [9.17, 15) is 0 Å². The van der Waals surface area contributed by atoms with Gasteiger partial charge < -0.3 is 5.73 Å². The van der Waals surface area contributed by atoms with Crippen LogP contribution in [-0.2, 0) is 6.54 Å². The van der Waals surface area contributed by atoms with Gasteiger partial charge in [-0.1, -0.05) is 11.6 Å². The van der Waals surface area contributed by atoms with E-state index in [2.05, 4.69) is 20.9 Å². The van der Waals surface area contributed by atoms with Crippen molar-refractivity contribution in [1.82, 2.24) is 4.98 Å². The number of hydrogen-bond acceptors (Lipinski definition) is 2. The quantitative estimate of drug-likeness (QED) is 0.798. The molecule has 0 radical (unpaired) electrons.